The molecule has 0 spiro atoms. The second-order valence-corrected chi connectivity index (χ2v) is 7.24. The third-order valence-corrected chi connectivity index (χ3v) is 4.41. The van der Waals surface area contributed by atoms with E-state index in [1.54, 1.807) is 30.3 Å². The van der Waals surface area contributed by atoms with Crippen LogP contribution in [0.2, 0.25) is 0 Å². The van der Waals surface area contributed by atoms with Crippen LogP contribution in [0.4, 0.5) is 5.69 Å². The third-order valence-electron chi connectivity index (χ3n) is 3.29. The van der Waals surface area contributed by atoms with E-state index in [4.69, 9.17) is 0 Å². The summed E-state index contributed by atoms with van der Waals surface area (Å²) in [5.74, 6) is 0.222. The van der Waals surface area contributed by atoms with Gasteiger partial charge in [0.1, 0.15) is 5.75 Å². The van der Waals surface area contributed by atoms with Gasteiger partial charge in [-0.2, -0.15) is 0 Å². The highest BCUT2D eigenvalue weighted by molar-refractivity contribution is 7.90. The number of anilines is 1. The molecule has 0 aliphatic heterocycles. The molecule has 1 atom stereocenters. The van der Waals surface area contributed by atoms with Crippen molar-refractivity contribution in [3.05, 3.63) is 53.6 Å². The Morgan fingerprint density at radius 1 is 1.14 bits per heavy atom. The lowest BCUT2D eigenvalue weighted by molar-refractivity contribution is 0.465. The first-order chi connectivity index (χ1) is 9.77. The van der Waals surface area contributed by atoms with Gasteiger partial charge in [-0.3, -0.25) is 0 Å². The molecule has 2 aromatic carbocycles. The van der Waals surface area contributed by atoms with Gasteiger partial charge in [0.2, 0.25) is 0 Å². The molecule has 0 radical (unpaired) electrons. The molecule has 2 aromatic rings. The average Bonchev–Trinajstić information content (AvgIpc) is 2.41. The zero-order valence-corrected chi connectivity index (χ0v) is 13.1. The lowest BCUT2D eigenvalue weighted by Crippen LogP contribution is -2.08. The summed E-state index contributed by atoms with van der Waals surface area (Å²) in [7, 11) is -3.23. The second-order valence-electron chi connectivity index (χ2n) is 5.23. The van der Waals surface area contributed by atoms with E-state index >= 15 is 0 Å². The van der Waals surface area contributed by atoms with Crippen molar-refractivity contribution in [1.82, 2.24) is 0 Å². The number of aromatic hydroxyl groups is 1. The third kappa shape index (κ3) is 3.76. The van der Waals surface area contributed by atoms with Crippen molar-refractivity contribution in [2.24, 2.45) is 0 Å². The predicted molar refractivity (Wildman–Crippen MR) is 84.4 cm³/mol. The topological polar surface area (TPSA) is 66.4 Å². The Hall–Kier alpha value is -2.01. The zero-order valence-electron chi connectivity index (χ0n) is 12.3. The Morgan fingerprint density at radius 2 is 1.86 bits per heavy atom. The Morgan fingerprint density at radius 3 is 2.52 bits per heavy atom. The van der Waals surface area contributed by atoms with Gasteiger partial charge >= 0.3 is 0 Å². The van der Waals surface area contributed by atoms with Crippen LogP contribution in [0, 0.1) is 6.92 Å². The Labute approximate surface area is 125 Å². The first-order valence-electron chi connectivity index (χ1n) is 6.63. The van der Waals surface area contributed by atoms with Crippen LogP contribution in [0.25, 0.3) is 0 Å². The quantitative estimate of drug-likeness (QED) is 0.909. The van der Waals surface area contributed by atoms with Gasteiger partial charge in [0.05, 0.1) is 10.9 Å². The number of benzene rings is 2. The fraction of sp³-hybridized carbons (Fsp3) is 0.250. The highest BCUT2D eigenvalue weighted by atomic mass is 32.2. The SMILES string of the molecule is Cc1ccc(O)c(C(C)Nc2cccc(S(C)(=O)=O)c2)c1. The number of nitrogens with one attached hydrogen (secondary N) is 1. The number of rotatable bonds is 4. The molecule has 0 heterocycles. The molecule has 112 valence electrons. The predicted octanol–water partition coefficient (Wildman–Crippen LogP) is 3.28. The minimum Gasteiger partial charge on any atom is -0.508 e. The Kier molecular flexibility index (Phi) is 4.23. The van der Waals surface area contributed by atoms with E-state index < -0.39 is 9.84 Å². The Bertz CT molecular complexity index is 754. The minimum absolute atomic E-state index is 0.139. The Balaban J connectivity index is 2.28. The van der Waals surface area contributed by atoms with Crippen LogP contribution in [0.15, 0.2) is 47.4 Å². The summed E-state index contributed by atoms with van der Waals surface area (Å²) in [6.45, 7) is 3.88. The zero-order chi connectivity index (χ0) is 15.6. The van der Waals surface area contributed by atoms with E-state index in [0.29, 0.717) is 5.69 Å². The van der Waals surface area contributed by atoms with Gasteiger partial charge in [0.25, 0.3) is 0 Å². The number of sulfone groups is 1. The molecule has 2 rings (SSSR count). The fourth-order valence-corrected chi connectivity index (χ4v) is 2.83. The molecule has 0 fully saturated rings. The monoisotopic (exact) mass is 305 g/mol. The molecular weight excluding hydrogens is 286 g/mol. The fourth-order valence-electron chi connectivity index (χ4n) is 2.17. The van der Waals surface area contributed by atoms with Crippen molar-refractivity contribution in [1.29, 1.82) is 0 Å². The molecule has 0 saturated heterocycles. The van der Waals surface area contributed by atoms with Gasteiger partial charge in [-0.05, 0) is 38.1 Å². The highest BCUT2D eigenvalue weighted by Gasteiger charge is 2.12. The molecule has 5 heteroatoms. The highest BCUT2D eigenvalue weighted by Crippen LogP contribution is 2.28. The summed E-state index contributed by atoms with van der Waals surface area (Å²) < 4.78 is 23.1. The van der Waals surface area contributed by atoms with E-state index in [1.807, 2.05) is 26.0 Å². The first kappa shape index (κ1) is 15.4. The number of phenols is 1. The largest absolute Gasteiger partial charge is 0.508 e. The number of phenolic OH excluding ortho intramolecular Hbond substituents is 1. The maximum absolute atomic E-state index is 11.6. The van der Waals surface area contributed by atoms with Crippen LogP contribution in [-0.2, 0) is 9.84 Å². The van der Waals surface area contributed by atoms with Crippen molar-refractivity contribution >= 4 is 15.5 Å². The average molecular weight is 305 g/mol. The van der Waals surface area contributed by atoms with Gasteiger partial charge < -0.3 is 10.4 Å². The molecular formula is C16H19NO3S. The van der Waals surface area contributed by atoms with Gasteiger partial charge in [0, 0.05) is 17.5 Å². The number of hydrogen-bond donors (Lipinski definition) is 2. The van der Waals surface area contributed by atoms with Crippen LogP contribution in [0.5, 0.6) is 5.75 Å². The molecule has 0 saturated carbocycles. The number of hydrogen-bond acceptors (Lipinski definition) is 4. The van der Waals surface area contributed by atoms with Crippen molar-refractivity contribution in [2.45, 2.75) is 24.8 Å². The van der Waals surface area contributed by atoms with E-state index in [9.17, 15) is 13.5 Å². The van der Waals surface area contributed by atoms with Crippen molar-refractivity contribution < 1.29 is 13.5 Å². The van der Waals surface area contributed by atoms with Crippen molar-refractivity contribution in [3.63, 3.8) is 0 Å². The van der Waals surface area contributed by atoms with Gasteiger partial charge in [-0.1, -0.05) is 23.8 Å². The van der Waals surface area contributed by atoms with Gasteiger partial charge in [0.15, 0.2) is 9.84 Å². The van der Waals surface area contributed by atoms with Crippen LogP contribution < -0.4 is 5.32 Å². The lowest BCUT2D eigenvalue weighted by atomic mass is 10.0. The summed E-state index contributed by atoms with van der Waals surface area (Å²) in [6, 6.07) is 11.9. The van der Waals surface area contributed by atoms with E-state index in [2.05, 4.69) is 5.32 Å². The van der Waals surface area contributed by atoms with Crippen LogP contribution in [-0.4, -0.2) is 19.8 Å². The molecule has 0 amide bonds. The van der Waals surface area contributed by atoms with Gasteiger partial charge in [-0.15, -0.1) is 0 Å². The summed E-state index contributed by atoms with van der Waals surface area (Å²) in [5, 5.41) is 13.1. The lowest BCUT2D eigenvalue weighted by Gasteiger charge is -2.18. The van der Waals surface area contributed by atoms with E-state index in [1.165, 1.54) is 6.26 Å². The summed E-state index contributed by atoms with van der Waals surface area (Å²) in [4.78, 5) is 0.271. The molecule has 21 heavy (non-hydrogen) atoms. The van der Waals surface area contributed by atoms with Crippen molar-refractivity contribution in [3.8, 4) is 5.75 Å². The molecule has 2 N–H and O–H groups in total. The summed E-state index contributed by atoms with van der Waals surface area (Å²) >= 11 is 0. The second kappa shape index (κ2) is 5.77. The number of aryl methyl sites for hydroxylation is 1. The molecule has 0 aliphatic rings. The minimum atomic E-state index is -3.23. The molecule has 0 bridgehead atoms. The maximum atomic E-state index is 11.6. The van der Waals surface area contributed by atoms with Crippen LogP contribution in [0.1, 0.15) is 24.1 Å². The normalized spacial score (nSPS) is 12.9. The summed E-state index contributed by atoms with van der Waals surface area (Å²) in [5.41, 5.74) is 2.53. The summed E-state index contributed by atoms with van der Waals surface area (Å²) in [6.07, 6.45) is 1.18. The maximum Gasteiger partial charge on any atom is 0.175 e. The van der Waals surface area contributed by atoms with Crippen LogP contribution in [0.3, 0.4) is 0 Å². The first-order valence-corrected chi connectivity index (χ1v) is 8.52. The molecule has 0 aliphatic carbocycles. The molecule has 1 unspecified atom stereocenters. The van der Waals surface area contributed by atoms with Crippen molar-refractivity contribution in [2.75, 3.05) is 11.6 Å². The van der Waals surface area contributed by atoms with Crippen LogP contribution >= 0.6 is 0 Å². The molecule has 4 nitrogen and oxygen atoms in total. The standard InChI is InChI=1S/C16H19NO3S/c1-11-7-8-16(18)15(9-11)12(2)17-13-5-4-6-14(10-13)21(3,19)20/h4-10,12,17-18H,1-3H3. The van der Waals surface area contributed by atoms with E-state index in [-0.39, 0.29) is 16.7 Å². The molecule has 0 aromatic heterocycles. The van der Waals surface area contributed by atoms with E-state index in [0.717, 1.165) is 11.1 Å². The van der Waals surface area contributed by atoms with Gasteiger partial charge in [-0.25, -0.2) is 8.42 Å². The smallest absolute Gasteiger partial charge is 0.175 e.